The molecular formula is C22H27N5O. The van der Waals surface area contributed by atoms with E-state index < -0.39 is 0 Å². The predicted molar refractivity (Wildman–Crippen MR) is 113 cm³/mol. The van der Waals surface area contributed by atoms with E-state index in [1.54, 1.807) is 6.92 Å². The van der Waals surface area contributed by atoms with E-state index in [0.29, 0.717) is 17.3 Å². The number of allylic oxidation sites excluding steroid dienone is 2. The third-order valence-electron chi connectivity index (χ3n) is 5.72. The van der Waals surface area contributed by atoms with E-state index in [4.69, 9.17) is 20.7 Å². The van der Waals surface area contributed by atoms with Gasteiger partial charge in [-0.15, -0.1) is 0 Å². The summed E-state index contributed by atoms with van der Waals surface area (Å²) in [4.78, 5) is 4.99. The molecule has 0 spiro atoms. The maximum absolute atomic E-state index is 8.40. The Hall–Kier alpha value is -2.89. The average Bonchev–Trinajstić information content (AvgIpc) is 3.33. The highest BCUT2D eigenvalue weighted by molar-refractivity contribution is 6.25. The zero-order chi connectivity index (χ0) is 20.3. The van der Waals surface area contributed by atoms with E-state index in [1.165, 1.54) is 12.8 Å². The fourth-order valence-corrected chi connectivity index (χ4v) is 4.31. The fourth-order valence-electron chi connectivity index (χ4n) is 4.31. The van der Waals surface area contributed by atoms with E-state index in [-0.39, 0.29) is 0 Å². The van der Waals surface area contributed by atoms with E-state index in [0.717, 1.165) is 56.1 Å². The smallest absolute Gasteiger partial charge is 0.141 e. The minimum Gasteiger partial charge on any atom is -0.402 e. The summed E-state index contributed by atoms with van der Waals surface area (Å²) in [6.45, 7) is 9.62. The molecule has 6 heteroatoms. The lowest BCUT2D eigenvalue weighted by Gasteiger charge is -2.18. The molecule has 0 saturated heterocycles. The monoisotopic (exact) mass is 377 g/mol. The molecule has 6 nitrogen and oxygen atoms in total. The highest BCUT2D eigenvalue weighted by Gasteiger charge is 2.31. The van der Waals surface area contributed by atoms with Gasteiger partial charge in [-0.1, -0.05) is 5.16 Å². The predicted octanol–water partition coefficient (Wildman–Crippen LogP) is 4.76. The van der Waals surface area contributed by atoms with Gasteiger partial charge in [-0.25, -0.2) is 4.98 Å². The van der Waals surface area contributed by atoms with Gasteiger partial charge in [0, 0.05) is 41.1 Å². The van der Waals surface area contributed by atoms with Crippen molar-refractivity contribution in [1.29, 1.82) is 5.41 Å². The van der Waals surface area contributed by atoms with Crippen LogP contribution in [-0.4, -0.2) is 20.4 Å². The van der Waals surface area contributed by atoms with Crippen molar-refractivity contribution in [3.05, 3.63) is 40.2 Å². The summed E-state index contributed by atoms with van der Waals surface area (Å²) in [6, 6.07) is 2.13. The highest BCUT2D eigenvalue weighted by Crippen LogP contribution is 2.44. The molecule has 28 heavy (non-hydrogen) atoms. The van der Waals surface area contributed by atoms with Gasteiger partial charge in [0.1, 0.15) is 11.6 Å². The van der Waals surface area contributed by atoms with E-state index in [9.17, 15) is 0 Å². The SMILES string of the molecule is CC(=N)/C(=C(/C)N)c1c(C)c(-c2c(C)noc2C)cc2nc(C3CC3)n(C)c12. The number of fused-ring (bicyclic) bond motifs is 1. The van der Waals surface area contributed by atoms with Gasteiger partial charge in [0.05, 0.1) is 16.7 Å². The molecule has 0 radical (unpaired) electrons. The van der Waals surface area contributed by atoms with Gasteiger partial charge >= 0.3 is 0 Å². The fraction of sp³-hybridized carbons (Fsp3) is 0.409. The van der Waals surface area contributed by atoms with Crippen molar-refractivity contribution in [3.63, 3.8) is 0 Å². The third kappa shape index (κ3) is 2.66. The Kier molecular flexibility index (Phi) is 4.17. The van der Waals surface area contributed by atoms with Crippen LogP contribution >= 0.6 is 0 Å². The molecule has 1 saturated carbocycles. The van der Waals surface area contributed by atoms with Gasteiger partial charge in [0.2, 0.25) is 0 Å². The quantitative estimate of drug-likeness (QED) is 0.641. The van der Waals surface area contributed by atoms with Gasteiger partial charge in [-0.2, -0.15) is 0 Å². The Bertz CT molecular complexity index is 1130. The number of imidazole rings is 1. The van der Waals surface area contributed by atoms with E-state index in [2.05, 4.69) is 29.8 Å². The summed E-state index contributed by atoms with van der Waals surface area (Å²) in [5.41, 5.74) is 15.1. The Labute approximate surface area is 164 Å². The number of nitrogens with one attached hydrogen (secondary N) is 1. The Morgan fingerprint density at radius 3 is 2.43 bits per heavy atom. The van der Waals surface area contributed by atoms with E-state index in [1.807, 2.05) is 20.8 Å². The maximum atomic E-state index is 8.40. The Morgan fingerprint density at radius 2 is 1.93 bits per heavy atom. The molecule has 2 heterocycles. The largest absolute Gasteiger partial charge is 0.402 e. The first kappa shape index (κ1) is 18.5. The van der Waals surface area contributed by atoms with Crippen molar-refractivity contribution in [2.45, 2.75) is 53.4 Å². The summed E-state index contributed by atoms with van der Waals surface area (Å²) >= 11 is 0. The molecule has 3 N–H and O–H groups in total. The van der Waals surface area contributed by atoms with Crippen molar-refractivity contribution in [3.8, 4) is 11.1 Å². The third-order valence-corrected chi connectivity index (χ3v) is 5.72. The summed E-state index contributed by atoms with van der Waals surface area (Å²) in [5.74, 6) is 2.43. The number of hydrogen-bond donors (Lipinski definition) is 2. The zero-order valence-corrected chi connectivity index (χ0v) is 17.4. The zero-order valence-electron chi connectivity index (χ0n) is 17.4. The first-order chi connectivity index (χ1) is 13.2. The molecule has 2 aromatic heterocycles. The molecule has 0 atom stereocenters. The van der Waals surface area contributed by atoms with Crippen molar-refractivity contribution < 1.29 is 4.52 Å². The number of nitrogens with two attached hydrogens (primary N) is 1. The molecule has 0 amide bonds. The number of rotatable bonds is 4. The van der Waals surface area contributed by atoms with Gasteiger partial charge in [0.15, 0.2) is 0 Å². The van der Waals surface area contributed by atoms with Gasteiger partial charge < -0.3 is 20.2 Å². The van der Waals surface area contributed by atoms with Crippen LogP contribution in [0.2, 0.25) is 0 Å². The summed E-state index contributed by atoms with van der Waals surface area (Å²) in [6.07, 6.45) is 2.37. The van der Waals surface area contributed by atoms with E-state index >= 15 is 0 Å². The van der Waals surface area contributed by atoms with Crippen LogP contribution in [0.4, 0.5) is 0 Å². The lowest BCUT2D eigenvalue weighted by Crippen LogP contribution is -2.09. The van der Waals surface area contributed by atoms with Crippen molar-refractivity contribution >= 4 is 22.3 Å². The highest BCUT2D eigenvalue weighted by atomic mass is 16.5. The van der Waals surface area contributed by atoms with Gasteiger partial charge in [0.25, 0.3) is 0 Å². The second kappa shape index (κ2) is 6.33. The first-order valence-electron chi connectivity index (χ1n) is 9.67. The van der Waals surface area contributed by atoms with Gasteiger partial charge in [-0.05, 0) is 64.7 Å². The molecule has 3 aromatic rings. The molecule has 0 aliphatic heterocycles. The lowest BCUT2D eigenvalue weighted by atomic mass is 9.88. The van der Waals surface area contributed by atoms with Crippen molar-refractivity contribution in [2.75, 3.05) is 0 Å². The second-order valence-electron chi connectivity index (χ2n) is 7.98. The maximum Gasteiger partial charge on any atom is 0.141 e. The van der Waals surface area contributed by atoms with Crippen LogP contribution in [0.15, 0.2) is 16.3 Å². The Morgan fingerprint density at radius 1 is 1.25 bits per heavy atom. The molecular weight excluding hydrogens is 350 g/mol. The number of hydrogen-bond acceptors (Lipinski definition) is 5. The minimum absolute atomic E-state index is 0.453. The van der Waals surface area contributed by atoms with Crippen molar-refractivity contribution in [2.24, 2.45) is 12.8 Å². The number of nitrogens with zero attached hydrogens (tertiary/aromatic N) is 3. The van der Waals surface area contributed by atoms with Crippen molar-refractivity contribution in [1.82, 2.24) is 14.7 Å². The average molecular weight is 377 g/mol. The molecule has 4 rings (SSSR count). The summed E-state index contributed by atoms with van der Waals surface area (Å²) < 4.78 is 7.63. The first-order valence-corrected chi connectivity index (χ1v) is 9.67. The second-order valence-corrected chi connectivity index (χ2v) is 7.98. The van der Waals surface area contributed by atoms with Crippen LogP contribution in [0.5, 0.6) is 0 Å². The standard InChI is InChI=1S/C22H27N5O/c1-10-16(20-13(4)26-28-14(20)5)9-17-21(18(10)19(11(2)23)12(3)24)27(6)22(25-17)15-7-8-15/h9,15,23H,7-8,24H2,1-6H3/b19-12+,23-11?. The number of aromatic nitrogens is 3. The number of benzene rings is 1. The van der Waals surface area contributed by atoms with Crippen LogP contribution in [0, 0.1) is 26.2 Å². The normalized spacial score (nSPS) is 15.2. The summed E-state index contributed by atoms with van der Waals surface area (Å²) in [5, 5.41) is 12.5. The molecule has 1 aliphatic carbocycles. The molecule has 0 unspecified atom stereocenters. The Balaban J connectivity index is 2.16. The number of aryl methyl sites for hydroxylation is 3. The van der Waals surface area contributed by atoms with Crippen LogP contribution in [0.25, 0.3) is 27.7 Å². The molecule has 0 bridgehead atoms. The minimum atomic E-state index is 0.453. The topological polar surface area (TPSA) is 93.7 Å². The molecule has 1 aliphatic rings. The summed E-state index contributed by atoms with van der Waals surface area (Å²) in [7, 11) is 2.07. The lowest BCUT2D eigenvalue weighted by molar-refractivity contribution is 0.393. The van der Waals surface area contributed by atoms with Crippen LogP contribution in [0.1, 0.15) is 61.0 Å². The molecule has 146 valence electrons. The van der Waals surface area contributed by atoms with Gasteiger partial charge in [-0.3, -0.25) is 0 Å². The molecule has 1 aromatic carbocycles. The van der Waals surface area contributed by atoms with Crippen LogP contribution < -0.4 is 5.73 Å². The van der Waals surface area contributed by atoms with Crippen LogP contribution in [0.3, 0.4) is 0 Å². The molecule has 1 fully saturated rings. The van der Waals surface area contributed by atoms with Crippen LogP contribution in [-0.2, 0) is 7.05 Å².